The van der Waals surface area contributed by atoms with Crippen LogP contribution in [0.1, 0.15) is 19.8 Å². The van der Waals surface area contributed by atoms with Crippen molar-refractivity contribution in [3.8, 4) is 0 Å². The van der Waals surface area contributed by atoms with E-state index < -0.39 is 0 Å². The second kappa shape index (κ2) is 4.64. The lowest BCUT2D eigenvalue weighted by atomic mass is 10.4. The fourth-order valence-corrected chi connectivity index (χ4v) is 1.18. The molecule has 4 nitrogen and oxygen atoms in total. The standard InChI is InChI=1S/C9H13NO3/c1-2-6-13-7-5-10-8(11)3-4-9(10)12/h2,6H,3-5,7H2,1H3. The van der Waals surface area contributed by atoms with Gasteiger partial charge in [0.05, 0.1) is 12.8 Å². The highest BCUT2D eigenvalue weighted by Crippen LogP contribution is 2.10. The van der Waals surface area contributed by atoms with Gasteiger partial charge in [-0.15, -0.1) is 0 Å². The largest absolute Gasteiger partial charge is 0.500 e. The van der Waals surface area contributed by atoms with Gasteiger partial charge in [-0.25, -0.2) is 0 Å². The number of carbonyl (C=O) groups excluding carboxylic acids is 2. The molecular formula is C9H13NO3. The number of likely N-dealkylation sites (tertiary alicyclic amines) is 1. The predicted octanol–water partition coefficient (Wildman–Crippen LogP) is 0.686. The van der Waals surface area contributed by atoms with Gasteiger partial charge in [-0.05, 0) is 6.92 Å². The van der Waals surface area contributed by atoms with E-state index in [1.807, 2.05) is 6.92 Å². The summed E-state index contributed by atoms with van der Waals surface area (Å²) in [5.74, 6) is -0.178. The van der Waals surface area contributed by atoms with Gasteiger partial charge in [0.2, 0.25) is 11.8 Å². The Hall–Kier alpha value is -1.32. The molecule has 1 rings (SSSR count). The highest BCUT2D eigenvalue weighted by atomic mass is 16.5. The van der Waals surface area contributed by atoms with Gasteiger partial charge >= 0.3 is 0 Å². The van der Waals surface area contributed by atoms with Crippen LogP contribution in [0, 0.1) is 0 Å². The Morgan fingerprint density at radius 1 is 1.38 bits per heavy atom. The highest BCUT2D eigenvalue weighted by molar-refractivity contribution is 6.01. The Labute approximate surface area is 77.2 Å². The number of amides is 2. The van der Waals surface area contributed by atoms with Crippen molar-refractivity contribution in [1.29, 1.82) is 0 Å². The zero-order valence-electron chi connectivity index (χ0n) is 7.66. The lowest BCUT2D eigenvalue weighted by Gasteiger charge is -2.12. The van der Waals surface area contributed by atoms with Gasteiger partial charge in [0.15, 0.2) is 0 Å². The molecule has 4 heteroatoms. The molecule has 13 heavy (non-hydrogen) atoms. The number of nitrogens with zero attached hydrogens (tertiary/aromatic N) is 1. The molecule has 0 aromatic carbocycles. The van der Waals surface area contributed by atoms with E-state index >= 15 is 0 Å². The smallest absolute Gasteiger partial charge is 0.229 e. The molecule has 2 amide bonds. The zero-order valence-corrected chi connectivity index (χ0v) is 7.66. The Morgan fingerprint density at radius 2 is 2.00 bits per heavy atom. The summed E-state index contributed by atoms with van der Waals surface area (Å²) < 4.78 is 5.01. The molecule has 1 aliphatic rings. The number of carbonyl (C=O) groups is 2. The fourth-order valence-electron chi connectivity index (χ4n) is 1.18. The molecule has 0 saturated carbocycles. The number of allylic oxidation sites excluding steroid dienone is 1. The molecule has 0 aliphatic carbocycles. The van der Waals surface area contributed by atoms with Gasteiger partial charge in [0.1, 0.15) is 6.61 Å². The topological polar surface area (TPSA) is 46.6 Å². The first-order valence-electron chi connectivity index (χ1n) is 4.31. The molecule has 0 radical (unpaired) electrons. The van der Waals surface area contributed by atoms with Crippen molar-refractivity contribution in [2.24, 2.45) is 0 Å². The van der Waals surface area contributed by atoms with Crippen molar-refractivity contribution in [1.82, 2.24) is 4.90 Å². The number of hydrogen-bond acceptors (Lipinski definition) is 3. The van der Waals surface area contributed by atoms with Crippen LogP contribution in [0.2, 0.25) is 0 Å². The number of ether oxygens (including phenoxy) is 1. The van der Waals surface area contributed by atoms with Gasteiger partial charge < -0.3 is 4.74 Å². The first-order chi connectivity index (χ1) is 6.25. The molecule has 1 fully saturated rings. The van der Waals surface area contributed by atoms with Gasteiger partial charge in [-0.1, -0.05) is 6.08 Å². The summed E-state index contributed by atoms with van der Waals surface area (Å²) in [4.78, 5) is 23.4. The Balaban J connectivity index is 2.27. The fraction of sp³-hybridized carbons (Fsp3) is 0.556. The van der Waals surface area contributed by atoms with E-state index in [0.29, 0.717) is 26.0 Å². The molecule has 0 aromatic heterocycles. The van der Waals surface area contributed by atoms with Crippen molar-refractivity contribution >= 4 is 11.8 Å². The summed E-state index contributed by atoms with van der Waals surface area (Å²) in [6, 6.07) is 0. The second-order valence-electron chi connectivity index (χ2n) is 2.78. The molecular weight excluding hydrogens is 170 g/mol. The van der Waals surface area contributed by atoms with E-state index in [2.05, 4.69) is 0 Å². The van der Waals surface area contributed by atoms with Gasteiger partial charge in [-0.2, -0.15) is 0 Å². The highest BCUT2D eigenvalue weighted by Gasteiger charge is 2.28. The van der Waals surface area contributed by atoms with Crippen LogP contribution in [-0.4, -0.2) is 29.9 Å². The van der Waals surface area contributed by atoms with Crippen LogP contribution in [0.25, 0.3) is 0 Å². The van der Waals surface area contributed by atoms with E-state index in [1.165, 1.54) is 4.90 Å². The van der Waals surface area contributed by atoms with Crippen LogP contribution in [-0.2, 0) is 14.3 Å². The van der Waals surface area contributed by atoms with E-state index in [-0.39, 0.29) is 11.8 Å². The Morgan fingerprint density at radius 3 is 2.54 bits per heavy atom. The summed E-state index contributed by atoms with van der Waals surface area (Å²) in [7, 11) is 0. The lowest BCUT2D eigenvalue weighted by Crippen LogP contribution is -2.32. The third-order valence-electron chi connectivity index (χ3n) is 1.82. The van der Waals surface area contributed by atoms with Crippen molar-refractivity contribution in [3.05, 3.63) is 12.3 Å². The molecule has 0 unspecified atom stereocenters. The third-order valence-corrected chi connectivity index (χ3v) is 1.82. The van der Waals surface area contributed by atoms with E-state index in [1.54, 1.807) is 12.3 Å². The zero-order chi connectivity index (χ0) is 9.68. The molecule has 1 aliphatic heterocycles. The van der Waals surface area contributed by atoms with Gasteiger partial charge in [0, 0.05) is 12.8 Å². The minimum absolute atomic E-state index is 0.0888. The molecule has 1 heterocycles. The number of rotatable bonds is 4. The summed E-state index contributed by atoms with van der Waals surface area (Å²) >= 11 is 0. The first-order valence-corrected chi connectivity index (χ1v) is 4.31. The van der Waals surface area contributed by atoms with Gasteiger partial charge in [-0.3, -0.25) is 14.5 Å². The van der Waals surface area contributed by atoms with Crippen LogP contribution >= 0.6 is 0 Å². The van der Waals surface area contributed by atoms with E-state index in [4.69, 9.17) is 4.74 Å². The number of imide groups is 1. The average Bonchev–Trinajstić information content (AvgIpc) is 2.42. The van der Waals surface area contributed by atoms with Crippen LogP contribution in [0.4, 0.5) is 0 Å². The maximum absolute atomic E-state index is 11.1. The summed E-state index contributed by atoms with van der Waals surface area (Å²) in [5, 5.41) is 0. The van der Waals surface area contributed by atoms with Crippen molar-refractivity contribution in [3.63, 3.8) is 0 Å². The summed E-state index contributed by atoms with van der Waals surface area (Å²) in [5.41, 5.74) is 0. The third kappa shape index (κ3) is 2.57. The van der Waals surface area contributed by atoms with Crippen LogP contribution in [0.3, 0.4) is 0 Å². The quantitative estimate of drug-likeness (QED) is 0.366. The van der Waals surface area contributed by atoms with Crippen molar-refractivity contribution < 1.29 is 14.3 Å². The Kier molecular flexibility index (Phi) is 3.49. The maximum Gasteiger partial charge on any atom is 0.229 e. The second-order valence-corrected chi connectivity index (χ2v) is 2.78. The van der Waals surface area contributed by atoms with Crippen molar-refractivity contribution in [2.45, 2.75) is 19.8 Å². The summed E-state index contributed by atoms with van der Waals surface area (Å²) in [6.45, 7) is 2.58. The van der Waals surface area contributed by atoms with Crippen LogP contribution in [0.15, 0.2) is 12.3 Å². The van der Waals surface area contributed by atoms with E-state index in [9.17, 15) is 9.59 Å². The molecule has 0 spiro atoms. The predicted molar refractivity (Wildman–Crippen MR) is 46.7 cm³/mol. The molecule has 0 atom stereocenters. The minimum Gasteiger partial charge on any atom is -0.500 e. The molecule has 0 N–H and O–H groups in total. The summed E-state index contributed by atoms with van der Waals surface area (Å²) in [6.07, 6.45) is 4.00. The molecule has 0 bridgehead atoms. The van der Waals surface area contributed by atoms with Gasteiger partial charge in [0.25, 0.3) is 0 Å². The molecule has 72 valence electrons. The number of hydrogen-bond donors (Lipinski definition) is 0. The van der Waals surface area contributed by atoms with Crippen molar-refractivity contribution in [2.75, 3.05) is 13.2 Å². The normalized spacial score (nSPS) is 17.5. The molecule has 0 aromatic rings. The Bertz CT molecular complexity index is 219. The van der Waals surface area contributed by atoms with Crippen LogP contribution in [0.5, 0.6) is 0 Å². The monoisotopic (exact) mass is 183 g/mol. The van der Waals surface area contributed by atoms with Crippen LogP contribution < -0.4 is 0 Å². The first kappa shape index (κ1) is 9.77. The van der Waals surface area contributed by atoms with E-state index in [0.717, 1.165) is 0 Å². The average molecular weight is 183 g/mol. The molecule has 1 saturated heterocycles. The maximum atomic E-state index is 11.1. The SMILES string of the molecule is CC=COCCN1C(=O)CCC1=O. The minimum atomic E-state index is -0.0888. The lowest BCUT2D eigenvalue weighted by molar-refractivity contribution is -0.138.